The van der Waals surface area contributed by atoms with Crippen LogP contribution < -0.4 is 14.8 Å². The van der Waals surface area contributed by atoms with Crippen molar-refractivity contribution in [3.05, 3.63) is 83.5 Å². The molecule has 0 atom stereocenters. The van der Waals surface area contributed by atoms with Crippen molar-refractivity contribution in [2.45, 2.75) is 6.54 Å². The van der Waals surface area contributed by atoms with Crippen molar-refractivity contribution in [3.8, 4) is 34.1 Å². The maximum Gasteiger partial charge on any atom is 0.256 e. The highest BCUT2D eigenvalue weighted by atomic mass is 35.5. The molecule has 4 rings (SSSR count). The number of carbonyl (C=O) groups is 1. The average Bonchev–Trinajstić information content (AvgIpc) is 2.89. The normalized spacial score (nSPS) is 10.1. The zero-order chi connectivity index (χ0) is 24.3. The van der Waals surface area contributed by atoms with Crippen LogP contribution in [0.5, 0.6) is 11.6 Å². The Balaban J connectivity index is 0.000000215. The zero-order valence-corrected chi connectivity index (χ0v) is 19.8. The van der Waals surface area contributed by atoms with Gasteiger partial charge in [-0.25, -0.2) is 4.98 Å². The lowest BCUT2D eigenvalue weighted by molar-refractivity contribution is 0.112. The summed E-state index contributed by atoms with van der Waals surface area (Å²) in [6.07, 6.45) is 9.13. The third kappa shape index (κ3) is 6.34. The standard InChI is InChI=1S/C16H10ClN3O.C9H14N2O2/c17-14-6-12(7-18-9-14)11-5-13(10-21)16(20-8-11)15-3-1-2-4-19-15;1-10-5-7-4-8(12-2)9(13-3)11-6-7/h1-10H;4,6,10H,5H2,1-3H3. The Kier molecular flexibility index (Phi) is 9.02. The number of pyridine rings is 4. The first-order chi connectivity index (χ1) is 16.6. The number of aromatic nitrogens is 4. The van der Waals surface area contributed by atoms with Crippen molar-refractivity contribution in [2.75, 3.05) is 21.3 Å². The van der Waals surface area contributed by atoms with Gasteiger partial charge in [0.2, 0.25) is 0 Å². The van der Waals surface area contributed by atoms with Crippen LogP contribution in [0.3, 0.4) is 0 Å². The second kappa shape index (κ2) is 12.4. The molecule has 0 unspecified atom stereocenters. The van der Waals surface area contributed by atoms with E-state index in [1.807, 2.05) is 31.3 Å². The molecule has 0 radical (unpaired) electrons. The first kappa shape index (κ1) is 24.8. The topological polar surface area (TPSA) is 99.1 Å². The number of carbonyl (C=O) groups excluding carboxylic acids is 1. The zero-order valence-electron chi connectivity index (χ0n) is 19.0. The minimum absolute atomic E-state index is 0.478. The van der Waals surface area contributed by atoms with Gasteiger partial charge in [-0.1, -0.05) is 17.7 Å². The maximum absolute atomic E-state index is 11.3. The first-order valence-corrected chi connectivity index (χ1v) is 10.7. The quantitative estimate of drug-likeness (QED) is 0.389. The minimum Gasteiger partial charge on any atom is -0.491 e. The van der Waals surface area contributed by atoms with E-state index < -0.39 is 0 Å². The van der Waals surface area contributed by atoms with E-state index in [-0.39, 0.29) is 0 Å². The fraction of sp³-hybridized carbons (Fsp3) is 0.160. The number of aldehydes is 1. The summed E-state index contributed by atoms with van der Waals surface area (Å²) in [4.78, 5) is 28.1. The Morgan fingerprint density at radius 2 is 1.79 bits per heavy atom. The van der Waals surface area contributed by atoms with Crippen LogP contribution in [0.4, 0.5) is 0 Å². The summed E-state index contributed by atoms with van der Waals surface area (Å²) in [7, 11) is 5.06. The fourth-order valence-corrected chi connectivity index (χ4v) is 3.26. The number of nitrogens with one attached hydrogen (secondary N) is 1. The molecule has 174 valence electrons. The summed E-state index contributed by atoms with van der Waals surface area (Å²) in [6, 6.07) is 10.9. The Morgan fingerprint density at radius 1 is 0.971 bits per heavy atom. The lowest BCUT2D eigenvalue weighted by atomic mass is 10.0. The van der Waals surface area contributed by atoms with Gasteiger partial charge in [-0.2, -0.15) is 0 Å². The molecule has 0 saturated carbocycles. The van der Waals surface area contributed by atoms with Gasteiger partial charge in [-0.05, 0) is 42.9 Å². The Morgan fingerprint density at radius 3 is 2.44 bits per heavy atom. The van der Waals surface area contributed by atoms with Crippen molar-refractivity contribution in [3.63, 3.8) is 0 Å². The highest BCUT2D eigenvalue weighted by Gasteiger charge is 2.10. The number of hydrogen-bond donors (Lipinski definition) is 1. The van der Waals surface area contributed by atoms with Crippen molar-refractivity contribution >= 4 is 17.9 Å². The summed E-state index contributed by atoms with van der Waals surface area (Å²) < 4.78 is 10.1. The smallest absolute Gasteiger partial charge is 0.256 e. The summed E-state index contributed by atoms with van der Waals surface area (Å²) in [5.41, 5.74) is 4.36. The Labute approximate surface area is 203 Å². The summed E-state index contributed by atoms with van der Waals surface area (Å²) in [6.45, 7) is 0.771. The van der Waals surface area contributed by atoms with Crippen LogP contribution in [0, 0.1) is 0 Å². The monoisotopic (exact) mass is 477 g/mol. The van der Waals surface area contributed by atoms with Gasteiger partial charge in [0.05, 0.1) is 30.6 Å². The van der Waals surface area contributed by atoms with Crippen molar-refractivity contribution in [2.24, 2.45) is 0 Å². The number of methoxy groups -OCH3 is 2. The highest BCUT2D eigenvalue weighted by Crippen LogP contribution is 2.26. The molecule has 0 saturated heterocycles. The van der Waals surface area contributed by atoms with Gasteiger partial charge in [0.1, 0.15) is 0 Å². The molecule has 1 N–H and O–H groups in total. The van der Waals surface area contributed by atoms with Crippen LogP contribution in [0.2, 0.25) is 5.02 Å². The lowest BCUT2D eigenvalue weighted by Crippen LogP contribution is -2.06. The number of halogens is 1. The molecule has 9 heteroatoms. The average molecular weight is 478 g/mol. The molecule has 0 aliphatic heterocycles. The number of ether oxygens (including phenoxy) is 2. The molecule has 4 aromatic rings. The molecule has 34 heavy (non-hydrogen) atoms. The highest BCUT2D eigenvalue weighted by molar-refractivity contribution is 6.30. The van der Waals surface area contributed by atoms with E-state index >= 15 is 0 Å². The van der Waals surface area contributed by atoms with E-state index in [0.717, 1.165) is 29.5 Å². The van der Waals surface area contributed by atoms with Gasteiger partial charge in [0.15, 0.2) is 12.0 Å². The lowest BCUT2D eigenvalue weighted by Gasteiger charge is -2.07. The third-order valence-electron chi connectivity index (χ3n) is 4.66. The number of hydrogen-bond acceptors (Lipinski definition) is 8. The van der Waals surface area contributed by atoms with Crippen LogP contribution in [0.1, 0.15) is 15.9 Å². The van der Waals surface area contributed by atoms with Gasteiger partial charge >= 0.3 is 0 Å². The predicted octanol–water partition coefficient (Wildman–Crippen LogP) is 4.49. The van der Waals surface area contributed by atoms with E-state index in [1.54, 1.807) is 57.3 Å². The van der Waals surface area contributed by atoms with Crippen LogP contribution in [-0.2, 0) is 6.54 Å². The minimum atomic E-state index is 0.478. The van der Waals surface area contributed by atoms with Crippen molar-refractivity contribution in [1.29, 1.82) is 0 Å². The number of nitrogens with zero attached hydrogens (tertiary/aromatic N) is 4. The summed E-state index contributed by atoms with van der Waals surface area (Å²) >= 11 is 5.93. The van der Waals surface area contributed by atoms with Crippen LogP contribution in [-0.4, -0.2) is 47.5 Å². The van der Waals surface area contributed by atoms with Crippen LogP contribution in [0.25, 0.3) is 22.5 Å². The van der Waals surface area contributed by atoms with Gasteiger partial charge in [-0.3, -0.25) is 19.7 Å². The molecule has 4 aromatic heterocycles. The molecule has 8 nitrogen and oxygen atoms in total. The van der Waals surface area contributed by atoms with Gasteiger partial charge < -0.3 is 14.8 Å². The molecular formula is C25H24ClN5O3. The molecule has 0 amide bonds. The summed E-state index contributed by atoms with van der Waals surface area (Å²) in [5.74, 6) is 1.18. The second-order valence-electron chi connectivity index (χ2n) is 6.97. The molecule has 0 aliphatic rings. The van der Waals surface area contributed by atoms with Crippen molar-refractivity contribution < 1.29 is 14.3 Å². The molecule has 0 aromatic carbocycles. The first-order valence-electron chi connectivity index (χ1n) is 10.3. The predicted molar refractivity (Wildman–Crippen MR) is 131 cm³/mol. The molecule has 0 spiro atoms. The summed E-state index contributed by atoms with van der Waals surface area (Å²) in [5, 5.41) is 3.57. The van der Waals surface area contributed by atoms with Crippen LogP contribution in [0.15, 0.2) is 67.4 Å². The second-order valence-corrected chi connectivity index (χ2v) is 7.41. The van der Waals surface area contributed by atoms with Gasteiger partial charge in [-0.15, -0.1) is 0 Å². The molecule has 0 fully saturated rings. The SMILES string of the molecule is CNCc1cnc(OC)c(OC)c1.O=Cc1cc(-c2cncc(Cl)c2)cnc1-c1ccccn1. The molecule has 4 heterocycles. The Hall–Kier alpha value is -3.88. The largest absolute Gasteiger partial charge is 0.491 e. The van der Waals surface area contributed by atoms with Crippen molar-refractivity contribution in [1.82, 2.24) is 25.3 Å². The van der Waals surface area contributed by atoms with Gasteiger partial charge in [0.25, 0.3) is 5.88 Å². The van der Waals surface area contributed by atoms with Crippen LogP contribution >= 0.6 is 11.6 Å². The molecular weight excluding hydrogens is 454 g/mol. The Bertz CT molecular complexity index is 1240. The van der Waals surface area contributed by atoms with E-state index in [1.165, 1.54) is 0 Å². The van der Waals surface area contributed by atoms with E-state index in [2.05, 4.69) is 25.3 Å². The fourth-order valence-electron chi connectivity index (χ4n) is 3.09. The number of rotatable bonds is 7. The van der Waals surface area contributed by atoms with E-state index in [0.29, 0.717) is 33.6 Å². The van der Waals surface area contributed by atoms with E-state index in [9.17, 15) is 4.79 Å². The van der Waals surface area contributed by atoms with Gasteiger partial charge in [0, 0.05) is 54.2 Å². The third-order valence-corrected chi connectivity index (χ3v) is 4.87. The molecule has 0 aliphatic carbocycles. The molecule has 0 bridgehead atoms. The van der Waals surface area contributed by atoms with E-state index in [4.69, 9.17) is 21.1 Å². The maximum atomic E-state index is 11.3.